The van der Waals surface area contributed by atoms with Crippen molar-refractivity contribution in [1.82, 2.24) is 4.90 Å². The van der Waals surface area contributed by atoms with E-state index < -0.39 is 0 Å². The number of thiophene rings is 1. The highest BCUT2D eigenvalue weighted by atomic mass is 32.1. The highest BCUT2D eigenvalue weighted by Crippen LogP contribution is 2.25. The Morgan fingerprint density at radius 1 is 1.41 bits per heavy atom. The maximum atomic E-state index is 5.90. The molecule has 1 unspecified atom stereocenters. The van der Waals surface area contributed by atoms with Crippen molar-refractivity contribution in [1.29, 1.82) is 0 Å². The van der Waals surface area contributed by atoms with Gasteiger partial charge in [0.15, 0.2) is 0 Å². The lowest BCUT2D eigenvalue weighted by molar-refractivity contribution is 0.190. The molecule has 92 valence electrons. The number of rotatable bonds is 6. The molecule has 0 aliphatic carbocycles. The van der Waals surface area contributed by atoms with Gasteiger partial charge in [-0.3, -0.25) is 4.90 Å². The van der Waals surface area contributed by atoms with E-state index in [0.29, 0.717) is 6.54 Å². The molecule has 2 aromatic rings. The van der Waals surface area contributed by atoms with Crippen LogP contribution >= 0.6 is 11.3 Å². The summed E-state index contributed by atoms with van der Waals surface area (Å²) in [5, 5.41) is 2.10. The Morgan fingerprint density at radius 3 is 2.82 bits per heavy atom. The van der Waals surface area contributed by atoms with Crippen LogP contribution in [0.5, 0.6) is 0 Å². The van der Waals surface area contributed by atoms with E-state index in [1.54, 1.807) is 17.6 Å². The van der Waals surface area contributed by atoms with Crippen LogP contribution in [0.4, 0.5) is 0 Å². The predicted octanol–water partition coefficient (Wildman–Crippen LogP) is 2.86. The fourth-order valence-electron chi connectivity index (χ4n) is 1.97. The summed E-state index contributed by atoms with van der Waals surface area (Å²) < 4.78 is 5.40. The fraction of sp³-hybridized carbons (Fsp3) is 0.385. The lowest BCUT2D eigenvalue weighted by Gasteiger charge is -2.28. The molecular formula is C13H18N2OS. The Hall–Kier alpha value is -1.10. The molecular weight excluding hydrogens is 232 g/mol. The molecule has 2 aromatic heterocycles. The number of likely N-dealkylation sites (N-methyl/N-ethyl adjacent to an activating group) is 1. The van der Waals surface area contributed by atoms with Crippen molar-refractivity contribution < 1.29 is 4.42 Å². The molecule has 0 fully saturated rings. The molecule has 2 rings (SSSR count). The minimum atomic E-state index is 0.282. The van der Waals surface area contributed by atoms with Gasteiger partial charge in [-0.1, -0.05) is 13.0 Å². The summed E-state index contributed by atoms with van der Waals surface area (Å²) in [5.41, 5.74) is 5.90. The van der Waals surface area contributed by atoms with E-state index in [-0.39, 0.29) is 6.04 Å². The average molecular weight is 250 g/mol. The average Bonchev–Trinajstić information content (AvgIpc) is 3.00. The lowest BCUT2D eigenvalue weighted by Crippen LogP contribution is -2.32. The second kappa shape index (κ2) is 6.00. The highest BCUT2D eigenvalue weighted by molar-refractivity contribution is 7.10. The Balaban J connectivity index is 2.10. The maximum absolute atomic E-state index is 5.90. The van der Waals surface area contributed by atoms with Crippen molar-refractivity contribution in [2.24, 2.45) is 5.73 Å². The van der Waals surface area contributed by atoms with E-state index in [9.17, 15) is 0 Å². The second-order valence-corrected chi connectivity index (χ2v) is 4.89. The van der Waals surface area contributed by atoms with Gasteiger partial charge in [0.05, 0.1) is 18.8 Å². The summed E-state index contributed by atoms with van der Waals surface area (Å²) in [6, 6.07) is 8.43. The SMILES string of the molecule is CCN(Cc1ccco1)C(CN)c1cccs1. The first-order valence-corrected chi connectivity index (χ1v) is 6.73. The fourth-order valence-corrected chi connectivity index (χ4v) is 2.84. The van der Waals surface area contributed by atoms with Crippen molar-refractivity contribution in [3.05, 3.63) is 46.5 Å². The van der Waals surface area contributed by atoms with E-state index in [0.717, 1.165) is 18.8 Å². The molecule has 0 bridgehead atoms. The Morgan fingerprint density at radius 2 is 2.29 bits per heavy atom. The van der Waals surface area contributed by atoms with Gasteiger partial charge >= 0.3 is 0 Å². The first-order chi connectivity index (χ1) is 8.35. The standard InChI is InChI=1S/C13H18N2OS/c1-2-15(10-11-5-3-7-16-11)12(9-14)13-6-4-8-17-13/h3-8,12H,2,9-10,14H2,1H3. The van der Waals surface area contributed by atoms with Crippen molar-refractivity contribution >= 4 is 11.3 Å². The van der Waals surface area contributed by atoms with Crippen LogP contribution < -0.4 is 5.73 Å². The van der Waals surface area contributed by atoms with E-state index in [2.05, 4.69) is 29.3 Å². The first-order valence-electron chi connectivity index (χ1n) is 5.85. The van der Waals surface area contributed by atoms with Crippen LogP contribution in [0.25, 0.3) is 0 Å². The zero-order valence-electron chi connectivity index (χ0n) is 10.0. The normalized spacial score (nSPS) is 13.1. The molecule has 0 aliphatic rings. The molecule has 0 amide bonds. The summed E-state index contributed by atoms with van der Waals surface area (Å²) >= 11 is 1.76. The quantitative estimate of drug-likeness (QED) is 0.857. The number of nitrogens with zero attached hydrogens (tertiary/aromatic N) is 1. The third-order valence-corrected chi connectivity index (χ3v) is 3.85. The third-order valence-electron chi connectivity index (χ3n) is 2.88. The van der Waals surface area contributed by atoms with Crippen LogP contribution in [0.15, 0.2) is 40.3 Å². The van der Waals surface area contributed by atoms with Gasteiger partial charge in [0.2, 0.25) is 0 Å². The maximum Gasteiger partial charge on any atom is 0.117 e. The number of furan rings is 1. The monoisotopic (exact) mass is 250 g/mol. The van der Waals surface area contributed by atoms with Crippen LogP contribution in [0.2, 0.25) is 0 Å². The summed E-state index contributed by atoms with van der Waals surface area (Å²) in [6.45, 7) is 4.55. The van der Waals surface area contributed by atoms with Gasteiger partial charge in [-0.25, -0.2) is 0 Å². The molecule has 0 spiro atoms. The smallest absolute Gasteiger partial charge is 0.117 e. The molecule has 0 saturated carbocycles. The molecule has 1 atom stereocenters. The molecule has 2 heterocycles. The zero-order chi connectivity index (χ0) is 12.1. The highest BCUT2D eigenvalue weighted by Gasteiger charge is 2.19. The Labute approximate surface area is 106 Å². The molecule has 2 N–H and O–H groups in total. The minimum Gasteiger partial charge on any atom is -0.468 e. The van der Waals surface area contributed by atoms with Gasteiger partial charge < -0.3 is 10.2 Å². The number of nitrogens with two attached hydrogens (primary N) is 1. The van der Waals surface area contributed by atoms with Crippen molar-refractivity contribution in [3.8, 4) is 0 Å². The summed E-state index contributed by atoms with van der Waals surface area (Å²) in [6.07, 6.45) is 1.71. The van der Waals surface area contributed by atoms with Gasteiger partial charge in [-0.15, -0.1) is 11.3 Å². The largest absolute Gasteiger partial charge is 0.468 e. The van der Waals surface area contributed by atoms with Gasteiger partial charge in [0, 0.05) is 11.4 Å². The van der Waals surface area contributed by atoms with Gasteiger partial charge in [0.1, 0.15) is 5.76 Å². The van der Waals surface area contributed by atoms with E-state index in [1.165, 1.54) is 4.88 Å². The molecule has 17 heavy (non-hydrogen) atoms. The van der Waals surface area contributed by atoms with E-state index >= 15 is 0 Å². The van der Waals surface area contributed by atoms with Crippen LogP contribution in [-0.4, -0.2) is 18.0 Å². The van der Waals surface area contributed by atoms with Crippen molar-refractivity contribution in [2.45, 2.75) is 19.5 Å². The van der Waals surface area contributed by atoms with E-state index in [4.69, 9.17) is 10.2 Å². The van der Waals surface area contributed by atoms with Crippen LogP contribution in [0, 0.1) is 0 Å². The predicted molar refractivity (Wildman–Crippen MR) is 70.9 cm³/mol. The molecule has 0 aromatic carbocycles. The minimum absolute atomic E-state index is 0.282. The third kappa shape index (κ3) is 2.97. The molecule has 0 aliphatic heterocycles. The summed E-state index contributed by atoms with van der Waals surface area (Å²) in [7, 11) is 0. The van der Waals surface area contributed by atoms with Crippen molar-refractivity contribution in [2.75, 3.05) is 13.1 Å². The van der Waals surface area contributed by atoms with Crippen molar-refractivity contribution in [3.63, 3.8) is 0 Å². The number of hydrogen-bond donors (Lipinski definition) is 1. The van der Waals surface area contributed by atoms with Gasteiger partial charge in [-0.05, 0) is 30.1 Å². The topological polar surface area (TPSA) is 42.4 Å². The molecule has 4 heteroatoms. The summed E-state index contributed by atoms with van der Waals surface area (Å²) in [5.74, 6) is 0.988. The molecule has 0 radical (unpaired) electrons. The van der Waals surface area contributed by atoms with Crippen LogP contribution in [0.3, 0.4) is 0 Å². The zero-order valence-corrected chi connectivity index (χ0v) is 10.8. The molecule has 3 nitrogen and oxygen atoms in total. The van der Waals surface area contributed by atoms with Crippen LogP contribution in [0.1, 0.15) is 23.6 Å². The summed E-state index contributed by atoms with van der Waals surface area (Å²) in [4.78, 5) is 3.66. The van der Waals surface area contributed by atoms with Gasteiger partial charge in [-0.2, -0.15) is 0 Å². The van der Waals surface area contributed by atoms with Gasteiger partial charge in [0.25, 0.3) is 0 Å². The first kappa shape index (κ1) is 12.4. The van der Waals surface area contributed by atoms with E-state index in [1.807, 2.05) is 12.1 Å². The Kier molecular flexibility index (Phi) is 4.36. The Bertz CT molecular complexity index is 411. The lowest BCUT2D eigenvalue weighted by atomic mass is 10.2. The van der Waals surface area contributed by atoms with Crippen LogP contribution in [-0.2, 0) is 6.54 Å². The molecule has 0 saturated heterocycles. The number of hydrogen-bond acceptors (Lipinski definition) is 4. The second-order valence-electron chi connectivity index (χ2n) is 3.91.